The minimum absolute atomic E-state index is 0.145. The van der Waals surface area contributed by atoms with Gasteiger partial charge in [-0.2, -0.15) is 0 Å². The Hall–Kier alpha value is -0.630. The highest BCUT2D eigenvalue weighted by molar-refractivity contribution is 5.91. The van der Waals surface area contributed by atoms with Gasteiger partial charge in [0.2, 0.25) is 0 Å². The lowest BCUT2D eigenvalue weighted by Crippen LogP contribution is -2.55. The van der Waals surface area contributed by atoms with Crippen LogP contribution in [-0.2, 0) is 4.79 Å². The van der Waals surface area contributed by atoms with Crippen LogP contribution in [0.1, 0.15) is 39.0 Å². The van der Waals surface area contributed by atoms with Crippen molar-refractivity contribution in [2.45, 2.75) is 44.6 Å². The van der Waals surface area contributed by atoms with E-state index < -0.39 is 5.60 Å². The highest BCUT2D eigenvalue weighted by Gasteiger charge is 2.56. The summed E-state index contributed by atoms with van der Waals surface area (Å²) in [6.07, 6.45) is 8.77. The molecule has 0 aliphatic heterocycles. The molecular formula is C13H18O2. The Morgan fingerprint density at radius 1 is 1.47 bits per heavy atom. The first-order valence-electron chi connectivity index (χ1n) is 5.96. The SMILES string of the molecule is CC1(O)C[C@@]23C=CC(=O)C[C@@H]2C[C@@H]1CC3. The maximum absolute atomic E-state index is 11.4. The first kappa shape index (κ1) is 9.59. The van der Waals surface area contributed by atoms with Crippen LogP contribution < -0.4 is 0 Å². The summed E-state index contributed by atoms with van der Waals surface area (Å²) < 4.78 is 0. The summed E-state index contributed by atoms with van der Waals surface area (Å²) >= 11 is 0. The fourth-order valence-electron chi connectivity index (χ4n) is 4.09. The first-order chi connectivity index (χ1) is 7.02. The van der Waals surface area contributed by atoms with E-state index in [1.807, 2.05) is 6.92 Å². The van der Waals surface area contributed by atoms with Crippen LogP contribution >= 0.6 is 0 Å². The molecule has 82 valence electrons. The van der Waals surface area contributed by atoms with E-state index in [1.54, 1.807) is 6.08 Å². The zero-order valence-electron chi connectivity index (χ0n) is 9.20. The fraction of sp³-hybridized carbons (Fsp3) is 0.769. The van der Waals surface area contributed by atoms with E-state index in [9.17, 15) is 9.90 Å². The number of fused-ring (bicyclic) bond motifs is 2. The van der Waals surface area contributed by atoms with Gasteiger partial charge in [0.25, 0.3) is 0 Å². The molecule has 0 heterocycles. The first-order valence-corrected chi connectivity index (χ1v) is 5.96. The van der Waals surface area contributed by atoms with Crippen LogP contribution in [0.2, 0.25) is 0 Å². The topological polar surface area (TPSA) is 37.3 Å². The van der Waals surface area contributed by atoms with Gasteiger partial charge in [0.1, 0.15) is 0 Å². The summed E-state index contributed by atoms with van der Waals surface area (Å²) in [5.41, 5.74) is -0.356. The van der Waals surface area contributed by atoms with Crippen molar-refractivity contribution in [2.75, 3.05) is 0 Å². The Morgan fingerprint density at radius 3 is 3.00 bits per heavy atom. The average molecular weight is 206 g/mol. The number of aliphatic hydroxyl groups is 1. The molecular weight excluding hydrogens is 188 g/mol. The Kier molecular flexibility index (Phi) is 1.75. The number of hydrogen-bond acceptors (Lipinski definition) is 2. The smallest absolute Gasteiger partial charge is 0.155 e. The minimum Gasteiger partial charge on any atom is -0.390 e. The average Bonchev–Trinajstić information content (AvgIpc) is 2.16. The molecule has 4 rings (SSSR count). The lowest BCUT2D eigenvalue weighted by molar-refractivity contribution is -0.144. The molecule has 0 aromatic carbocycles. The zero-order valence-corrected chi connectivity index (χ0v) is 9.20. The van der Waals surface area contributed by atoms with Crippen molar-refractivity contribution < 1.29 is 9.90 Å². The van der Waals surface area contributed by atoms with Crippen LogP contribution in [0.15, 0.2) is 12.2 Å². The predicted molar refractivity (Wildman–Crippen MR) is 57.3 cm³/mol. The summed E-state index contributed by atoms with van der Waals surface area (Å²) in [4.78, 5) is 11.4. The molecule has 1 N–H and O–H groups in total. The van der Waals surface area contributed by atoms with Gasteiger partial charge in [-0.25, -0.2) is 0 Å². The maximum atomic E-state index is 11.4. The van der Waals surface area contributed by atoms with Gasteiger partial charge >= 0.3 is 0 Å². The molecule has 4 aliphatic carbocycles. The van der Waals surface area contributed by atoms with Gasteiger partial charge in [-0.05, 0) is 55.9 Å². The number of allylic oxidation sites excluding steroid dienone is 2. The van der Waals surface area contributed by atoms with Crippen LogP contribution in [-0.4, -0.2) is 16.5 Å². The third-order valence-corrected chi connectivity index (χ3v) is 4.96. The summed E-state index contributed by atoms with van der Waals surface area (Å²) in [5.74, 6) is 1.20. The Bertz CT molecular complexity index is 342. The maximum Gasteiger partial charge on any atom is 0.155 e. The number of carbonyl (C=O) groups is 1. The van der Waals surface area contributed by atoms with E-state index >= 15 is 0 Å². The van der Waals surface area contributed by atoms with Crippen molar-refractivity contribution in [2.24, 2.45) is 17.3 Å². The molecule has 2 bridgehead atoms. The number of rotatable bonds is 0. The monoisotopic (exact) mass is 206 g/mol. The van der Waals surface area contributed by atoms with Crippen molar-refractivity contribution >= 4 is 5.78 Å². The Morgan fingerprint density at radius 2 is 2.27 bits per heavy atom. The van der Waals surface area contributed by atoms with E-state index in [2.05, 4.69) is 6.08 Å². The quantitative estimate of drug-likeness (QED) is 0.659. The molecule has 3 fully saturated rings. The van der Waals surface area contributed by atoms with Crippen molar-refractivity contribution in [3.05, 3.63) is 12.2 Å². The van der Waals surface area contributed by atoms with Gasteiger partial charge in [0.05, 0.1) is 5.60 Å². The molecule has 15 heavy (non-hydrogen) atoms. The van der Waals surface area contributed by atoms with Crippen LogP contribution in [0.25, 0.3) is 0 Å². The molecule has 0 radical (unpaired) electrons. The van der Waals surface area contributed by atoms with Crippen molar-refractivity contribution in [3.63, 3.8) is 0 Å². The molecule has 1 unspecified atom stereocenters. The van der Waals surface area contributed by atoms with Crippen molar-refractivity contribution in [3.8, 4) is 0 Å². The van der Waals surface area contributed by atoms with Crippen LogP contribution in [0.5, 0.6) is 0 Å². The summed E-state index contributed by atoms with van der Waals surface area (Å²) in [6.45, 7) is 1.97. The second-order valence-corrected chi connectivity index (χ2v) is 5.94. The second-order valence-electron chi connectivity index (χ2n) is 5.94. The summed E-state index contributed by atoms with van der Waals surface area (Å²) in [6, 6.07) is 0. The fourth-order valence-corrected chi connectivity index (χ4v) is 4.09. The standard InChI is InChI=1S/C13H18O2/c1-12(15)8-13-4-2-9(12)6-10(13)7-11(14)3-5-13/h3,5,9-10,15H,2,4,6-8H2,1H3/t9-,10-,12?,13+/m0/s1. The van der Waals surface area contributed by atoms with E-state index in [0.29, 0.717) is 18.3 Å². The van der Waals surface area contributed by atoms with E-state index in [0.717, 1.165) is 19.3 Å². The number of ketones is 1. The van der Waals surface area contributed by atoms with Crippen molar-refractivity contribution in [1.29, 1.82) is 0 Å². The predicted octanol–water partition coefficient (Wildman–Crippen LogP) is 2.07. The highest BCUT2D eigenvalue weighted by atomic mass is 16.3. The lowest BCUT2D eigenvalue weighted by Gasteiger charge is -2.58. The minimum atomic E-state index is -0.501. The van der Waals surface area contributed by atoms with Gasteiger partial charge in [0.15, 0.2) is 5.78 Å². The van der Waals surface area contributed by atoms with Gasteiger partial charge in [0, 0.05) is 6.42 Å². The molecule has 2 heteroatoms. The van der Waals surface area contributed by atoms with Gasteiger partial charge < -0.3 is 5.11 Å². The number of carbonyl (C=O) groups excluding carboxylic acids is 1. The third-order valence-electron chi connectivity index (χ3n) is 4.96. The largest absolute Gasteiger partial charge is 0.390 e. The molecule has 3 saturated carbocycles. The zero-order chi connectivity index (χ0) is 10.7. The Labute approximate surface area is 90.4 Å². The van der Waals surface area contributed by atoms with Crippen LogP contribution in [0, 0.1) is 17.3 Å². The normalized spacial score (nSPS) is 53.1. The van der Waals surface area contributed by atoms with Crippen molar-refractivity contribution in [1.82, 2.24) is 0 Å². The van der Waals surface area contributed by atoms with E-state index in [-0.39, 0.29) is 11.2 Å². The van der Waals surface area contributed by atoms with Crippen LogP contribution in [0.3, 0.4) is 0 Å². The molecule has 1 spiro atoms. The molecule has 4 aliphatic rings. The molecule has 0 aromatic heterocycles. The molecule has 0 saturated heterocycles. The van der Waals surface area contributed by atoms with E-state index in [4.69, 9.17) is 0 Å². The molecule has 0 aromatic rings. The summed E-state index contributed by atoms with van der Waals surface area (Å²) in [7, 11) is 0. The van der Waals surface area contributed by atoms with Crippen LogP contribution in [0.4, 0.5) is 0 Å². The van der Waals surface area contributed by atoms with Gasteiger partial charge in [-0.3, -0.25) is 4.79 Å². The highest BCUT2D eigenvalue weighted by Crippen LogP contribution is 2.60. The van der Waals surface area contributed by atoms with E-state index in [1.165, 1.54) is 6.42 Å². The summed E-state index contributed by atoms with van der Waals surface area (Å²) in [5, 5.41) is 10.3. The number of hydrogen-bond donors (Lipinski definition) is 1. The Balaban J connectivity index is 2.00. The van der Waals surface area contributed by atoms with Gasteiger partial charge in [-0.1, -0.05) is 6.08 Å². The lowest BCUT2D eigenvalue weighted by atomic mass is 9.48. The molecule has 2 nitrogen and oxygen atoms in total. The molecule has 4 atom stereocenters. The molecule has 0 amide bonds. The van der Waals surface area contributed by atoms with Gasteiger partial charge in [-0.15, -0.1) is 0 Å². The third kappa shape index (κ3) is 1.24. The second kappa shape index (κ2) is 2.73.